The molecule has 1 aliphatic heterocycles. The molecule has 1 heterocycles. The molecule has 2 aliphatic carbocycles. The maximum absolute atomic E-state index is 7.37. The summed E-state index contributed by atoms with van der Waals surface area (Å²) in [7, 11) is 0. The van der Waals surface area contributed by atoms with Gasteiger partial charge in [-0.2, -0.15) is 0 Å². The van der Waals surface area contributed by atoms with E-state index in [9.17, 15) is 0 Å². The lowest BCUT2D eigenvalue weighted by Crippen LogP contribution is -2.28. The molecule has 0 saturated heterocycles. The maximum atomic E-state index is 7.37. The zero-order valence-corrected chi connectivity index (χ0v) is 56.2. The van der Waals surface area contributed by atoms with Crippen LogP contribution in [0.1, 0.15) is 197 Å². The van der Waals surface area contributed by atoms with E-state index in [1.807, 2.05) is 0 Å². The number of anilines is 3. The Labute approximate surface area is 561 Å². The van der Waals surface area contributed by atoms with Crippen molar-refractivity contribution in [2.75, 3.05) is 4.90 Å². The van der Waals surface area contributed by atoms with Crippen LogP contribution >= 0.6 is 0 Å². The molecule has 0 fully saturated rings. The van der Waals surface area contributed by atoms with Gasteiger partial charge < -0.3 is 9.64 Å². The number of fused-ring (bicyclic) bond motifs is 8. The fourth-order valence-electron chi connectivity index (χ4n) is 16.2. The molecule has 11 aromatic rings. The molecule has 0 aromatic heterocycles. The summed E-state index contributed by atoms with van der Waals surface area (Å²) in [6, 6.07) is 96.4. The van der Waals surface area contributed by atoms with E-state index in [-0.39, 0.29) is 0 Å². The Morgan fingerprint density at radius 2 is 0.574 bits per heavy atom. The highest BCUT2D eigenvalue weighted by molar-refractivity contribution is 5.93. The average molecular weight is 1230 g/mol. The number of para-hydroxylation sites is 1. The lowest BCUT2D eigenvalue weighted by Gasteiger charge is -2.35. The van der Waals surface area contributed by atoms with Crippen LogP contribution in [0.5, 0.6) is 11.5 Å². The van der Waals surface area contributed by atoms with Crippen LogP contribution in [0.15, 0.2) is 249 Å². The van der Waals surface area contributed by atoms with Crippen LogP contribution in [0.3, 0.4) is 0 Å². The molecule has 0 N–H and O–H groups in total. The van der Waals surface area contributed by atoms with E-state index in [1.165, 1.54) is 203 Å². The van der Waals surface area contributed by atoms with Crippen LogP contribution in [-0.4, -0.2) is 0 Å². The Hall–Kier alpha value is -8.98. The van der Waals surface area contributed by atoms with Crippen molar-refractivity contribution in [2.24, 2.45) is 0 Å². The number of unbranched alkanes of at least 4 members (excludes halogenated alkanes) is 12. The first-order valence-electron chi connectivity index (χ1n) is 36.1. The summed E-state index contributed by atoms with van der Waals surface area (Å²) in [4.78, 5) is 2.39. The first-order valence-corrected chi connectivity index (χ1v) is 36.1. The summed E-state index contributed by atoms with van der Waals surface area (Å²) in [6.07, 6.45) is 24.6. The minimum Gasteiger partial charge on any atom is -0.453 e. The first-order chi connectivity index (χ1) is 46.4. The second-order valence-electron chi connectivity index (χ2n) is 27.3. The van der Waals surface area contributed by atoms with Gasteiger partial charge in [-0.15, -0.1) is 0 Å². The molecule has 3 aliphatic rings. The molecule has 0 radical (unpaired) electrons. The van der Waals surface area contributed by atoms with Crippen molar-refractivity contribution in [3.63, 3.8) is 0 Å². The van der Waals surface area contributed by atoms with E-state index in [4.69, 9.17) is 4.74 Å². The Morgan fingerprint density at radius 1 is 0.266 bits per heavy atom. The summed E-state index contributed by atoms with van der Waals surface area (Å²) < 4.78 is 7.37. The van der Waals surface area contributed by atoms with Gasteiger partial charge in [0.2, 0.25) is 0 Å². The van der Waals surface area contributed by atoms with Gasteiger partial charge in [0.15, 0.2) is 11.5 Å². The number of benzene rings is 11. The summed E-state index contributed by atoms with van der Waals surface area (Å²) in [5, 5.41) is 0. The van der Waals surface area contributed by atoms with Crippen LogP contribution in [0.4, 0.5) is 17.1 Å². The average Bonchev–Trinajstić information content (AvgIpc) is 1.53. The smallest absolute Gasteiger partial charge is 0.152 e. The third-order valence-corrected chi connectivity index (χ3v) is 21.2. The highest BCUT2D eigenvalue weighted by atomic mass is 16.5. The van der Waals surface area contributed by atoms with E-state index in [0.29, 0.717) is 0 Å². The molecule has 0 amide bonds. The number of nitrogens with zero attached hydrogens (tertiary/aromatic N) is 1. The van der Waals surface area contributed by atoms with E-state index >= 15 is 0 Å². The largest absolute Gasteiger partial charge is 0.453 e. The van der Waals surface area contributed by atoms with E-state index < -0.39 is 10.8 Å². The van der Waals surface area contributed by atoms with Gasteiger partial charge in [-0.05, 0) is 211 Å². The zero-order chi connectivity index (χ0) is 63.9. The minimum absolute atomic E-state index is 0.524. The molecule has 2 nitrogen and oxygen atoms in total. The van der Waals surface area contributed by atoms with Gasteiger partial charge in [0, 0.05) is 5.69 Å². The summed E-state index contributed by atoms with van der Waals surface area (Å²) in [5.74, 6) is 1.66. The quantitative estimate of drug-likeness (QED) is 0.0476. The third kappa shape index (κ3) is 11.9. The Morgan fingerprint density at radius 3 is 0.926 bits per heavy atom. The molecule has 0 saturated carbocycles. The molecule has 14 rings (SSSR count). The zero-order valence-electron chi connectivity index (χ0n) is 56.2. The molecule has 0 spiro atoms. The van der Waals surface area contributed by atoms with Crippen LogP contribution in [0.25, 0.3) is 44.5 Å². The fourth-order valence-corrected chi connectivity index (χ4v) is 16.2. The molecule has 0 unspecified atom stereocenters. The predicted molar refractivity (Wildman–Crippen MR) is 398 cm³/mol. The standard InChI is InChI=1S/C92H93NO/c1-5-9-13-18-28-66-38-50-74(51-39-66)91(75-52-40-67(41-53-75)29-19-14-10-6-2)83-36-26-24-34-79(83)81-58-46-70(62-85(81)91)72-48-60-87-89(64-72)94-90-65-73(49-61-88(90)93(87)78-32-22-17-23-33-78)71-47-59-82-80-35-25-27-37-84(80)92(86(82)63-71,76-54-42-68(43-55-76)30-20-15-11-7-3)77-56-44-69(45-57-77)31-21-16-12-8-4/h17,22-27,32-65H,5-16,18-21,28-31H2,1-4H3. The molecule has 2 heteroatoms. The fraction of sp³-hybridized carbons (Fsp3) is 0.283. The van der Waals surface area contributed by atoms with E-state index in [1.54, 1.807) is 0 Å². The monoisotopic (exact) mass is 1230 g/mol. The molecular formula is C92H93NO. The summed E-state index contributed by atoms with van der Waals surface area (Å²) in [5.41, 5.74) is 28.1. The van der Waals surface area contributed by atoms with Crippen LogP contribution in [-0.2, 0) is 36.5 Å². The van der Waals surface area contributed by atoms with Crippen LogP contribution in [0.2, 0.25) is 0 Å². The van der Waals surface area contributed by atoms with Crippen molar-refractivity contribution in [1.82, 2.24) is 0 Å². The SMILES string of the molecule is CCCCCCc1ccc(C2(c3ccc(CCCCCC)cc3)c3ccccc3-c3ccc(-c4ccc5c(c4)Oc4cc(-c6ccc7c(c6)C(c6ccc(CCCCCC)cc6)(c6ccc(CCCCCC)cc6)c6ccccc6-7)ccc4N5c4ccccc4)cc32)cc1. The number of aryl methyl sites for hydroxylation is 4. The lowest BCUT2D eigenvalue weighted by molar-refractivity contribution is 0.477. The number of ether oxygens (including phenoxy) is 1. The van der Waals surface area contributed by atoms with Crippen molar-refractivity contribution < 1.29 is 4.74 Å². The maximum Gasteiger partial charge on any atom is 0.152 e. The lowest BCUT2D eigenvalue weighted by atomic mass is 9.67. The molecule has 0 bridgehead atoms. The third-order valence-electron chi connectivity index (χ3n) is 21.2. The molecule has 94 heavy (non-hydrogen) atoms. The number of rotatable bonds is 27. The van der Waals surface area contributed by atoms with Gasteiger partial charge in [-0.25, -0.2) is 0 Å². The molecular weight excluding hydrogens is 1140 g/mol. The van der Waals surface area contributed by atoms with E-state index in [2.05, 4.69) is 281 Å². The normalized spacial score (nSPS) is 13.6. The molecule has 472 valence electrons. The van der Waals surface area contributed by atoms with Crippen molar-refractivity contribution in [1.29, 1.82) is 0 Å². The van der Waals surface area contributed by atoms with Gasteiger partial charge in [0.05, 0.1) is 22.2 Å². The van der Waals surface area contributed by atoms with Gasteiger partial charge in [0.1, 0.15) is 0 Å². The topological polar surface area (TPSA) is 12.5 Å². The molecule has 0 atom stereocenters. The van der Waals surface area contributed by atoms with Crippen molar-refractivity contribution in [3.05, 3.63) is 315 Å². The Balaban J connectivity index is 0.859. The van der Waals surface area contributed by atoms with Crippen LogP contribution < -0.4 is 9.64 Å². The Kier molecular flexibility index (Phi) is 18.8. The number of hydrogen-bond acceptors (Lipinski definition) is 2. The second-order valence-corrected chi connectivity index (χ2v) is 27.3. The van der Waals surface area contributed by atoms with Gasteiger partial charge in [-0.3, -0.25) is 0 Å². The van der Waals surface area contributed by atoms with Gasteiger partial charge in [-0.1, -0.05) is 305 Å². The number of hydrogen-bond donors (Lipinski definition) is 0. The second kappa shape index (κ2) is 28.3. The summed E-state index contributed by atoms with van der Waals surface area (Å²) in [6.45, 7) is 9.19. The molecule has 11 aromatic carbocycles. The summed E-state index contributed by atoms with van der Waals surface area (Å²) >= 11 is 0. The van der Waals surface area contributed by atoms with Crippen molar-refractivity contribution in [3.8, 4) is 56.0 Å². The van der Waals surface area contributed by atoms with Gasteiger partial charge in [0.25, 0.3) is 0 Å². The highest BCUT2D eigenvalue weighted by Gasteiger charge is 2.48. The highest BCUT2D eigenvalue weighted by Crippen LogP contribution is 2.60. The minimum atomic E-state index is -0.524. The first kappa shape index (κ1) is 62.5. The van der Waals surface area contributed by atoms with Crippen molar-refractivity contribution >= 4 is 17.1 Å². The Bertz CT molecular complexity index is 4010. The van der Waals surface area contributed by atoms with Crippen LogP contribution in [0, 0.1) is 0 Å². The van der Waals surface area contributed by atoms with E-state index in [0.717, 1.165) is 65.4 Å². The predicted octanol–water partition coefficient (Wildman–Crippen LogP) is 25.8. The van der Waals surface area contributed by atoms with Gasteiger partial charge >= 0.3 is 0 Å². The van der Waals surface area contributed by atoms with Crippen molar-refractivity contribution in [2.45, 2.75) is 167 Å².